The van der Waals surface area contributed by atoms with Crippen molar-refractivity contribution in [2.75, 3.05) is 123 Å². The van der Waals surface area contributed by atoms with Crippen LogP contribution in [-0.4, -0.2) is 123 Å². The molecule has 0 spiro atoms. The Hall–Kier alpha value is 0.370. The Kier molecular flexibility index (Phi) is 30.7. The van der Waals surface area contributed by atoms with Gasteiger partial charge in [0.1, 0.15) is 0 Å². The predicted molar refractivity (Wildman–Crippen MR) is 136 cm³/mol. The highest BCUT2D eigenvalue weighted by Gasteiger charge is 1.98. The Bertz CT molecular complexity index is 354. The van der Waals surface area contributed by atoms with Crippen molar-refractivity contribution in [3.8, 4) is 0 Å². The lowest BCUT2D eigenvalue weighted by molar-refractivity contribution is -0.0253. The summed E-state index contributed by atoms with van der Waals surface area (Å²) in [4.78, 5) is 0. The first-order chi connectivity index (χ1) is 16.3. The van der Waals surface area contributed by atoms with Gasteiger partial charge in [-0.3, -0.25) is 0 Å². The van der Waals surface area contributed by atoms with Crippen molar-refractivity contribution in [1.82, 2.24) is 0 Å². The molecule has 0 aromatic heterocycles. The lowest BCUT2D eigenvalue weighted by atomic mass is 10.1. The molecule has 0 fully saturated rings. The van der Waals surface area contributed by atoms with E-state index in [4.69, 9.17) is 42.6 Å². The number of ether oxygens (including phenoxy) is 9. The quantitative estimate of drug-likeness (QED) is 0.0738. The minimum Gasteiger partial charge on any atom is -0.379 e. The fraction of sp³-hybridized carbons (Fsp3) is 1.00. The summed E-state index contributed by atoms with van der Waals surface area (Å²) >= 11 is 2.28. The number of hydrogen-bond donors (Lipinski definition) is 0. The third-order valence-electron chi connectivity index (χ3n) is 4.30. The second-order valence-electron chi connectivity index (χ2n) is 7.18. The van der Waals surface area contributed by atoms with E-state index >= 15 is 0 Å². The average molecular weight is 595 g/mol. The van der Waals surface area contributed by atoms with Crippen LogP contribution in [0.1, 0.15) is 20.3 Å². The maximum atomic E-state index is 5.52. The van der Waals surface area contributed by atoms with Gasteiger partial charge < -0.3 is 42.6 Å². The number of rotatable bonds is 29. The van der Waals surface area contributed by atoms with Crippen molar-refractivity contribution < 1.29 is 42.6 Å². The van der Waals surface area contributed by atoms with Crippen molar-refractivity contribution >= 4 is 22.6 Å². The van der Waals surface area contributed by atoms with Gasteiger partial charge in [0, 0.05) is 11.0 Å². The number of halogens is 1. The van der Waals surface area contributed by atoms with Crippen LogP contribution in [0.2, 0.25) is 0 Å². The minimum absolute atomic E-state index is 0.540. The first-order valence-electron chi connectivity index (χ1n) is 12.1. The van der Waals surface area contributed by atoms with Crippen LogP contribution >= 0.6 is 22.6 Å². The van der Waals surface area contributed by atoms with Crippen LogP contribution in [0, 0.1) is 5.92 Å². The molecule has 0 N–H and O–H groups in total. The topological polar surface area (TPSA) is 83.1 Å². The molecule has 1 unspecified atom stereocenters. The Balaban J connectivity index is 3.01. The van der Waals surface area contributed by atoms with Gasteiger partial charge in [0.05, 0.1) is 112 Å². The Morgan fingerprint density at radius 3 is 0.909 bits per heavy atom. The third kappa shape index (κ3) is 30.3. The highest BCUT2D eigenvalue weighted by Crippen LogP contribution is 1.99. The molecule has 0 aromatic carbocycles. The summed E-state index contributed by atoms with van der Waals surface area (Å²) in [6, 6.07) is 0. The molecule has 200 valence electrons. The summed E-state index contributed by atoms with van der Waals surface area (Å²) < 4.78 is 49.9. The van der Waals surface area contributed by atoms with Crippen LogP contribution < -0.4 is 0 Å². The molecule has 1 atom stereocenters. The summed E-state index contributed by atoms with van der Waals surface area (Å²) in [7, 11) is 0. The molecule has 0 rings (SSSR count). The maximum absolute atomic E-state index is 5.52. The number of alkyl halides is 1. The van der Waals surface area contributed by atoms with E-state index in [1.807, 2.05) is 0 Å². The van der Waals surface area contributed by atoms with Gasteiger partial charge >= 0.3 is 0 Å². The largest absolute Gasteiger partial charge is 0.379 e. The van der Waals surface area contributed by atoms with Crippen molar-refractivity contribution in [3.05, 3.63) is 0 Å². The fourth-order valence-electron chi connectivity index (χ4n) is 2.22. The first-order valence-corrected chi connectivity index (χ1v) is 13.6. The molecule has 0 heterocycles. The second-order valence-corrected chi connectivity index (χ2v) is 8.26. The molecule has 9 nitrogen and oxygen atoms in total. The summed E-state index contributed by atoms with van der Waals surface area (Å²) in [5.41, 5.74) is 0. The number of hydrogen-bond acceptors (Lipinski definition) is 9. The zero-order valence-corrected chi connectivity index (χ0v) is 22.9. The normalized spacial score (nSPS) is 12.5. The highest BCUT2D eigenvalue weighted by atomic mass is 127. The molecule has 0 aliphatic carbocycles. The van der Waals surface area contributed by atoms with Gasteiger partial charge in [-0.15, -0.1) is 0 Å². The first kappa shape index (κ1) is 33.4. The molecular weight excluding hydrogens is 547 g/mol. The summed E-state index contributed by atoms with van der Waals surface area (Å²) in [6.07, 6.45) is 1.14. The second kappa shape index (κ2) is 30.4. The van der Waals surface area contributed by atoms with E-state index in [9.17, 15) is 0 Å². The summed E-state index contributed by atoms with van der Waals surface area (Å²) in [5, 5.41) is 0. The Labute approximate surface area is 214 Å². The van der Waals surface area contributed by atoms with E-state index in [1.54, 1.807) is 0 Å². The molecule has 0 amide bonds. The monoisotopic (exact) mass is 594 g/mol. The third-order valence-corrected chi connectivity index (χ3v) is 4.74. The van der Waals surface area contributed by atoms with E-state index in [-0.39, 0.29) is 0 Å². The molecule has 33 heavy (non-hydrogen) atoms. The van der Waals surface area contributed by atoms with Gasteiger partial charge in [0.2, 0.25) is 0 Å². The fourth-order valence-corrected chi connectivity index (χ4v) is 2.53. The van der Waals surface area contributed by atoms with Crippen LogP contribution in [0.5, 0.6) is 0 Å². The molecule has 0 saturated heterocycles. The van der Waals surface area contributed by atoms with Crippen molar-refractivity contribution in [3.63, 3.8) is 0 Å². The van der Waals surface area contributed by atoms with E-state index in [0.717, 1.165) is 24.1 Å². The molecule has 0 aliphatic rings. The Morgan fingerprint density at radius 1 is 0.424 bits per heavy atom. The zero-order valence-electron chi connectivity index (χ0n) is 20.8. The van der Waals surface area contributed by atoms with E-state index in [1.165, 1.54) is 0 Å². The van der Waals surface area contributed by atoms with Gasteiger partial charge in [0.25, 0.3) is 0 Å². The van der Waals surface area contributed by atoms with Crippen LogP contribution in [0.25, 0.3) is 0 Å². The van der Waals surface area contributed by atoms with Crippen LogP contribution in [0.15, 0.2) is 0 Å². The molecular formula is C23H47IO9. The van der Waals surface area contributed by atoms with E-state index < -0.39 is 0 Å². The molecule has 10 heteroatoms. The maximum Gasteiger partial charge on any atom is 0.0701 e. The predicted octanol–water partition coefficient (Wildman–Crippen LogP) is 2.62. The van der Waals surface area contributed by atoms with Crippen molar-refractivity contribution in [2.45, 2.75) is 20.3 Å². The standard InChI is InChI=1S/C23H47IO9/c1-3-23(2)22-33-21-20-32-19-18-31-17-16-30-15-14-29-13-12-28-11-10-27-9-8-26-7-6-25-5-4-24/h23H,3-22H2,1-2H3. The van der Waals surface area contributed by atoms with E-state index in [2.05, 4.69) is 36.4 Å². The van der Waals surface area contributed by atoms with Crippen LogP contribution in [0.4, 0.5) is 0 Å². The Morgan fingerprint density at radius 2 is 0.667 bits per heavy atom. The van der Waals surface area contributed by atoms with Crippen LogP contribution in [-0.2, 0) is 42.6 Å². The summed E-state index contributed by atoms with van der Waals surface area (Å²) in [6.45, 7) is 15.0. The van der Waals surface area contributed by atoms with Gasteiger partial charge in [0.15, 0.2) is 0 Å². The van der Waals surface area contributed by atoms with Crippen LogP contribution in [0.3, 0.4) is 0 Å². The van der Waals surface area contributed by atoms with Gasteiger partial charge in [-0.2, -0.15) is 0 Å². The lowest BCUT2D eigenvalue weighted by Crippen LogP contribution is -2.15. The zero-order chi connectivity index (χ0) is 24.1. The smallest absolute Gasteiger partial charge is 0.0701 e. The van der Waals surface area contributed by atoms with E-state index in [0.29, 0.717) is 112 Å². The van der Waals surface area contributed by atoms with Crippen molar-refractivity contribution in [1.29, 1.82) is 0 Å². The minimum atomic E-state index is 0.540. The SMILES string of the molecule is CCC(C)COCCOCCOCCOCCOCCOCCOCCOCCOCCI. The molecule has 0 bridgehead atoms. The van der Waals surface area contributed by atoms with Crippen molar-refractivity contribution in [2.24, 2.45) is 5.92 Å². The molecule has 0 aliphatic heterocycles. The summed E-state index contributed by atoms with van der Waals surface area (Å²) in [5.74, 6) is 0.606. The lowest BCUT2D eigenvalue weighted by Gasteiger charge is -2.10. The van der Waals surface area contributed by atoms with Gasteiger partial charge in [-0.1, -0.05) is 42.9 Å². The average Bonchev–Trinajstić information content (AvgIpc) is 2.83. The molecule has 0 radical (unpaired) electrons. The van der Waals surface area contributed by atoms with Gasteiger partial charge in [-0.25, -0.2) is 0 Å². The molecule has 0 saturated carbocycles. The molecule has 0 aromatic rings. The van der Waals surface area contributed by atoms with Gasteiger partial charge in [-0.05, 0) is 5.92 Å². The highest BCUT2D eigenvalue weighted by molar-refractivity contribution is 14.1.